The number of hydrogen-bond donors (Lipinski definition) is 5. The van der Waals surface area contributed by atoms with Gasteiger partial charge in [-0.15, -0.1) is 6.58 Å². The molecule has 5 unspecified atom stereocenters. The second-order valence-electron chi connectivity index (χ2n) is 16.2. The van der Waals surface area contributed by atoms with Gasteiger partial charge in [0.25, 0.3) is 5.91 Å². The zero-order valence-corrected chi connectivity index (χ0v) is 32.0. The first-order valence-electron chi connectivity index (χ1n) is 19.1. The minimum absolute atomic E-state index is 0.0261. The van der Waals surface area contributed by atoms with Crippen LogP contribution in [-0.2, 0) is 23.9 Å². The Hall–Kier alpha value is -3.64. The van der Waals surface area contributed by atoms with Crippen molar-refractivity contribution in [2.45, 2.75) is 130 Å². The number of fused-ring (bicyclic) bond motifs is 1. The van der Waals surface area contributed by atoms with E-state index in [4.69, 9.17) is 4.74 Å². The van der Waals surface area contributed by atoms with E-state index in [1.807, 2.05) is 27.7 Å². The number of rotatable bonds is 16. The monoisotopic (exact) mass is 716 g/mol. The van der Waals surface area contributed by atoms with Crippen LogP contribution in [0.3, 0.4) is 0 Å². The van der Waals surface area contributed by atoms with Gasteiger partial charge in [-0.1, -0.05) is 86.1 Å². The molecule has 1 saturated heterocycles. The average molecular weight is 717 g/mol. The Bertz CT molecular complexity index is 1240. The molecule has 3 aliphatic rings. The normalized spacial score (nSPS) is 24.8. The van der Waals surface area contributed by atoms with Gasteiger partial charge < -0.3 is 36.2 Å². The van der Waals surface area contributed by atoms with Crippen molar-refractivity contribution >= 4 is 35.6 Å². The molecule has 2 aliphatic carbocycles. The molecule has 3 fully saturated rings. The first-order valence-corrected chi connectivity index (χ1v) is 19.1. The third-order valence-corrected chi connectivity index (χ3v) is 11.2. The summed E-state index contributed by atoms with van der Waals surface area (Å²) in [6, 6.07) is -3.85. The fourth-order valence-electron chi connectivity index (χ4n) is 7.89. The van der Waals surface area contributed by atoms with Gasteiger partial charge in [-0.05, 0) is 60.7 Å². The Morgan fingerprint density at radius 2 is 1.59 bits per heavy atom. The highest BCUT2D eigenvalue weighted by Gasteiger charge is 2.48. The van der Waals surface area contributed by atoms with Gasteiger partial charge in [0, 0.05) is 20.1 Å². The fraction of sp³-hybridized carbons (Fsp3) is 0.789. The number of unbranched alkanes of at least 4 members (excludes halogenated alkanes) is 1. The number of carbonyl (C=O) groups is 6. The Labute approximate surface area is 304 Å². The predicted molar refractivity (Wildman–Crippen MR) is 195 cm³/mol. The van der Waals surface area contributed by atoms with E-state index in [0.717, 1.165) is 44.9 Å². The van der Waals surface area contributed by atoms with Gasteiger partial charge in [-0.3, -0.25) is 19.2 Å². The molecule has 0 spiro atoms. The molecule has 51 heavy (non-hydrogen) atoms. The zero-order chi connectivity index (χ0) is 37.9. The maximum Gasteiger partial charge on any atom is 0.406 e. The third kappa shape index (κ3) is 11.7. The van der Waals surface area contributed by atoms with Gasteiger partial charge in [0.05, 0.1) is 12.1 Å². The largest absolute Gasteiger partial charge is 0.447 e. The topological polar surface area (TPSA) is 175 Å². The second kappa shape index (κ2) is 19.3. The molecule has 0 aromatic heterocycles. The number of ether oxygens (including phenoxy) is 1. The number of hydrogen-bond acceptors (Lipinski definition) is 7. The number of amides is 6. The van der Waals surface area contributed by atoms with E-state index >= 15 is 0 Å². The molecule has 13 nitrogen and oxygen atoms in total. The molecule has 13 heteroatoms. The van der Waals surface area contributed by atoms with Crippen molar-refractivity contribution in [2.75, 3.05) is 26.7 Å². The van der Waals surface area contributed by atoms with Crippen molar-refractivity contribution in [3.05, 3.63) is 12.7 Å². The molecule has 0 radical (unpaired) electrons. The molecule has 1 aliphatic heterocycles. The van der Waals surface area contributed by atoms with Gasteiger partial charge in [0.2, 0.25) is 17.6 Å². The molecule has 7 atom stereocenters. The molecule has 2 saturated carbocycles. The number of nitrogens with one attached hydrogen (secondary N) is 5. The summed E-state index contributed by atoms with van der Waals surface area (Å²) in [6.45, 7) is 15.8. The van der Waals surface area contributed by atoms with E-state index in [2.05, 4.69) is 47.0 Å². The molecule has 288 valence electrons. The number of likely N-dealkylation sites (tertiary alicyclic amines) is 1. The van der Waals surface area contributed by atoms with Crippen LogP contribution in [0, 0.1) is 35.0 Å². The van der Waals surface area contributed by atoms with Crippen molar-refractivity contribution in [3.63, 3.8) is 0 Å². The van der Waals surface area contributed by atoms with Crippen LogP contribution in [0.25, 0.3) is 0 Å². The van der Waals surface area contributed by atoms with Crippen LogP contribution in [0.5, 0.6) is 0 Å². The van der Waals surface area contributed by atoms with Crippen LogP contribution in [0.4, 0.5) is 9.59 Å². The second-order valence-corrected chi connectivity index (χ2v) is 16.2. The van der Waals surface area contributed by atoms with Crippen LogP contribution in [-0.4, -0.2) is 91.4 Å². The molecule has 6 amide bonds. The van der Waals surface area contributed by atoms with Gasteiger partial charge in [-0.2, -0.15) is 0 Å². The van der Waals surface area contributed by atoms with Gasteiger partial charge in [0.15, 0.2) is 0 Å². The molecule has 5 N–H and O–H groups in total. The van der Waals surface area contributed by atoms with Crippen LogP contribution in [0.15, 0.2) is 12.7 Å². The summed E-state index contributed by atoms with van der Waals surface area (Å²) in [5, 5.41) is 13.8. The highest BCUT2D eigenvalue weighted by atomic mass is 16.5. The standard InChI is InChI=1S/C38H64N6O7/c1-9-11-16-28(32(45)34(47)40-17-10-2)41-33(46)29-20-27(23(3)4)21-44(29)35(48)31(26-18-24-14-12-13-15-25(24)19-26)43-36(49)42-30(38(5,6)7)22-51-37(50)39-8/h10,23-31H,2,9,11-22H2,1,3-8H3,(H,39,50)(H,40,47)(H,41,46)(H2,42,43,49)/t24?,25?,26?,27?,28?,29?,30-,31+/m1/s1. The SMILES string of the molecule is C=CCNC(=O)C(=O)C(CCCC)NC(=O)C1CC(C(C)C)CN1C(=O)[C@@H](NC(=O)N[C@H](COC(=O)NC)C(C)(C)C)C1CC2CCCCC2C1. The first kappa shape index (κ1) is 41.8. The lowest BCUT2D eigenvalue weighted by molar-refractivity contribution is -0.143. The number of alkyl carbamates (subject to hydrolysis) is 1. The van der Waals surface area contributed by atoms with Crippen LogP contribution < -0.4 is 26.6 Å². The smallest absolute Gasteiger partial charge is 0.406 e. The Kier molecular flexibility index (Phi) is 15.8. The summed E-state index contributed by atoms with van der Waals surface area (Å²) in [7, 11) is 1.46. The van der Waals surface area contributed by atoms with E-state index < -0.39 is 59.3 Å². The van der Waals surface area contributed by atoms with E-state index in [9.17, 15) is 28.8 Å². The molecule has 0 aromatic carbocycles. The lowest BCUT2D eigenvalue weighted by Crippen LogP contribution is -2.60. The highest BCUT2D eigenvalue weighted by Crippen LogP contribution is 2.46. The summed E-state index contributed by atoms with van der Waals surface area (Å²) < 4.78 is 5.29. The quantitative estimate of drug-likeness (QED) is 0.118. The summed E-state index contributed by atoms with van der Waals surface area (Å²) in [5.41, 5.74) is -0.468. The van der Waals surface area contributed by atoms with E-state index in [-0.39, 0.29) is 36.8 Å². The van der Waals surface area contributed by atoms with Crippen molar-refractivity contribution in [1.82, 2.24) is 31.5 Å². The van der Waals surface area contributed by atoms with E-state index in [0.29, 0.717) is 37.6 Å². The summed E-state index contributed by atoms with van der Waals surface area (Å²) in [4.78, 5) is 81.8. The maximum absolute atomic E-state index is 14.8. The van der Waals surface area contributed by atoms with Crippen molar-refractivity contribution in [2.24, 2.45) is 35.0 Å². The fourth-order valence-corrected chi connectivity index (χ4v) is 7.89. The lowest BCUT2D eigenvalue weighted by Gasteiger charge is -2.34. The Morgan fingerprint density at radius 1 is 0.941 bits per heavy atom. The summed E-state index contributed by atoms with van der Waals surface area (Å²) in [5.74, 6) is -1.23. The molecular formula is C38H64N6O7. The minimum Gasteiger partial charge on any atom is -0.447 e. The Balaban J connectivity index is 1.90. The predicted octanol–water partition coefficient (Wildman–Crippen LogP) is 4.06. The van der Waals surface area contributed by atoms with Crippen molar-refractivity contribution in [1.29, 1.82) is 0 Å². The van der Waals surface area contributed by atoms with Crippen molar-refractivity contribution in [3.8, 4) is 0 Å². The minimum atomic E-state index is -1.03. The van der Waals surface area contributed by atoms with E-state index in [1.165, 1.54) is 13.1 Å². The number of Topliss-reactive ketones (excluding diaryl/α,β-unsaturated/α-hetero) is 1. The number of nitrogens with zero attached hydrogens (tertiary/aromatic N) is 1. The molecule has 3 rings (SSSR count). The van der Waals surface area contributed by atoms with E-state index in [1.54, 1.807) is 4.90 Å². The van der Waals surface area contributed by atoms with Crippen LogP contribution in [0.1, 0.15) is 106 Å². The zero-order valence-electron chi connectivity index (χ0n) is 32.0. The maximum atomic E-state index is 14.8. The van der Waals surface area contributed by atoms with Gasteiger partial charge in [0.1, 0.15) is 18.7 Å². The number of urea groups is 1. The van der Waals surface area contributed by atoms with Gasteiger partial charge >= 0.3 is 12.1 Å². The average Bonchev–Trinajstić information content (AvgIpc) is 3.74. The highest BCUT2D eigenvalue weighted by molar-refractivity contribution is 6.38. The summed E-state index contributed by atoms with van der Waals surface area (Å²) in [6.07, 6.45) is 9.13. The molecule has 0 bridgehead atoms. The van der Waals surface area contributed by atoms with Crippen LogP contribution in [0.2, 0.25) is 0 Å². The van der Waals surface area contributed by atoms with Gasteiger partial charge in [-0.25, -0.2) is 9.59 Å². The molecular weight excluding hydrogens is 652 g/mol. The Morgan fingerprint density at radius 3 is 2.14 bits per heavy atom. The first-order chi connectivity index (χ1) is 24.1. The number of carbonyl (C=O) groups excluding carboxylic acids is 6. The van der Waals surface area contributed by atoms with Crippen LogP contribution >= 0.6 is 0 Å². The molecule has 1 heterocycles. The number of ketones is 1. The molecule has 0 aromatic rings. The third-order valence-electron chi connectivity index (χ3n) is 11.2. The van der Waals surface area contributed by atoms with Crippen molar-refractivity contribution < 1.29 is 33.5 Å². The lowest BCUT2D eigenvalue weighted by atomic mass is 9.82. The summed E-state index contributed by atoms with van der Waals surface area (Å²) >= 11 is 0.